The van der Waals surface area contributed by atoms with Gasteiger partial charge in [-0.3, -0.25) is 4.79 Å². The molecule has 2 aromatic heterocycles. The molecule has 0 radical (unpaired) electrons. The van der Waals surface area contributed by atoms with Gasteiger partial charge in [0, 0.05) is 17.0 Å². The lowest BCUT2D eigenvalue weighted by molar-refractivity contribution is 0.0952. The molecule has 23 heavy (non-hydrogen) atoms. The number of carbonyl (C=O) groups excluding carboxylic acids is 1. The van der Waals surface area contributed by atoms with E-state index in [2.05, 4.69) is 5.32 Å². The smallest absolute Gasteiger partial charge is 0.251 e. The van der Waals surface area contributed by atoms with E-state index in [0.29, 0.717) is 17.7 Å². The minimum Gasteiger partial charge on any atom is -0.469 e. The van der Waals surface area contributed by atoms with E-state index in [4.69, 9.17) is 9.68 Å². The molecular formula is C18H14N2O2S. The normalized spacial score (nSPS) is 11.6. The van der Waals surface area contributed by atoms with Crippen LogP contribution < -0.4 is 5.32 Å². The monoisotopic (exact) mass is 322 g/mol. The zero-order valence-corrected chi connectivity index (χ0v) is 13.0. The number of furan rings is 1. The third kappa shape index (κ3) is 3.50. The van der Waals surface area contributed by atoms with Gasteiger partial charge in [0.15, 0.2) is 0 Å². The van der Waals surface area contributed by atoms with E-state index in [9.17, 15) is 4.79 Å². The fraction of sp³-hybridized carbons (Fsp3) is 0.111. The second-order valence-corrected chi connectivity index (χ2v) is 5.97. The highest BCUT2D eigenvalue weighted by atomic mass is 32.1. The summed E-state index contributed by atoms with van der Waals surface area (Å²) in [6.45, 7) is 0.434. The standard InChI is InChI=1S/C18H14N2O2S/c19-11-13-4-1-5-14(10-13)18(21)20-12-15(16-6-2-8-22-16)17-7-3-9-23-17/h1-10,15H,12H2,(H,20,21). The van der Waals surface area contributed by atoms with Crippen LogP contribution in [0.25, 0.3) is 0 Å². The van der Waals surface area contributed by atoms with Crippen LogP contribution in [0.2, 0.25) is 0 Å². The first-order valence-electron chi connectivity index (χ1n) is 7.13. The van der Waals surface area contributed by atoms with Gasteiger partial charge in [-0.2, -0.15) is 5.26 Å². The first-order chi connectivity index (χ1) is 11.3. The molecule has 3 aromatic rings. The number of carbonyl (C=O) groups is 1. The minimum absolute atomic E-state index is 0.0203. The van der Waals surface area contributed by atoms with Crippen molar-refractivity contribution in [3.63, 3.8) is 0 Å². The Balaban J connectivity index is 1.74. The topological polar surface area (TPSA) is 66.0 Å². The van der Waals surface area contributed by atoms with E-state index >= 15 is 0 Å². The van der Waals surface area contributed by atoms with Gasteiger partial charge in [0.2, 0.25) is 0 Å². The molecule has 0 fully saturated rings. The first-order valence-corrected chi connectivity index (χ1v) is 8.01. The molecule has 2 heterocycles. The molecule has 1 amide bonds. The second-order valence-electron chi connectivity index (χ2n) is 4.99. The molecule has 114 valence electrons. The molecule has 1 atom stereocenters. The highest BCUT2D eigenvalue weighted by Crippen LogP contribution is 2.28. The molecule has 5 heteroatoms. The van der Waals surface area contributed by atoms with Gasteiger partial charge < -0.3 is 9.73 Å². The number of amides is 1. The molecule has 0 saturated heterocycles. The van der Waals surface area contributed by atoms with Crippen LogP contribution in [-0.4, -0.2) is 12.5 Å². The first kappa shape index (κ1) is 15.1. The Morgan fingerprint density at radius 1 is 1.26 bits per heavy atom. The van der Waals surface area contributed by atoms with Gasteiger partial charge in [-0.05, 0) is 41.8 Å². The van der Waals surface area contributed by atoms with Crippen LogP contribution in [0.5, 0.6) is 0 Å². The lowest BCUT2D eigenvalue weighted by Crippen LogP contribution is -2.28. The predicted octanol–water partition coefficient (Wildman–Crippen LogP) is 3.77. The van der Waals surface area contributed by atoms with Crippen LogP contribution >= 0.6 is 11.3 Å². The van der Waals surface area contributed by atoms with E-state index < -0.39 is 0 Å². The SMILES string of the molecule is N#Cc1cccc(C(=O)NCC(c2ccco2)c2cccs2)c1. The van der Waals surface area contributed by atoms with Gasteiger partial charge in [-0.15, -0.1) is 11.3 Å². The number of nitrogens with zero attached hydrogens (tertiary/aromatic N) is 1. The maximum Gasteiger partial charge on any atom is 0.251 e. The minimum atomic E-state index is -0.199. The Hall–Kier alpha value is -2.84. The van der Waals surface area contributed by atoms with Crippen molar-refractivity contribution in [2.24, 2.45) is 0 Å². The summed E-state index contributed by atoms with van der Waals surface area (Å²) in [5, 5.41) is 13.8. The Labute approximate surface area is 138 Å². The highest BCUT2D eigenvalue weighted by molar-refractivity contribution is 7.10. The maximum absolute atomic E-state index is 12.3. The Morgan fingerprint density at radius 3 is 2.87 bits per heavy atom. The van der Waals surface area contributed by atoms with Crippen molar-refractivity contribution in [1.82, 2.24) is 5.32 Å². The molecule has 0 saturated carbocycles. The summed E-state index contributed by atoms with van der Waals surface area (Å²) in [5.74, 6) is 0.599. The fourth-order valence-electron chi connectivity index (χ4n) is 2.35. The van der Waals surface area contributed by atoms with E-state index in [-0.39, 0.29) is 11.8 Å². The summed E-state index contributed by atoms with van der Waals surface area (Å²) in [4.78, 5) is 13.4. The number of rotatable bonds is 5. The highest BCUT2D eigenvalue weighted by Gasteiger charge is 2.19. The summed E-state index contributed by atoms with van der Waals surface area (Å²) in [6.07, 6.45) is 1.63. The molecule has 4 nitrogen and oxygen atoms in total. The number of hydrogen-bond donors (Lipinski definition) is 1. The van der Waals surface area contributed by atoms with Crippen molar-refractivity contribution in [1.29, 1.82) is 5.26 Å². The van der Waals surface area contributed by atoms with Crippen LogP contribution in [0.4, 0.5) is 0 Å². The molecule has 1 aromatic carbocycles. The van der Waals surface area contributed by atoms with Crippen LogP contribution in [0.15, 0.2) is 64.6 Å². The number of nitrogens with one attached hydrogen (secondary N) is 1. The van der Waals surface area contributed by atoms with Crippen molar-refractivity contribution in [3.8, 4) is 6.07 Å². The van der Waals surface area contributed by atoms with Gasteiger partial charge >= 0.3 is 0 Å². The van der Waals surface area contributed by atoms with E-state index in [0.717, 1.165) is 10.6 Å². The van der Waals surface area contributed by atoms with E-state index in [1.54, 1.807) is 41.9 Å². The Morgan fingerprint density at radius 2 is 2.17 bits per heavy atom. The van der Waals surface area contributed by atoms with Gasteiger partial charge in [-0.1, -0.05) is 12.1 Å². The average molecular weight is 322 g/mol. The van der Waals surface area contributed by atoms with E-state index in [1.165, 1.54) is 0 Å². The Bertz CT molecular complexity index is 783. The van der Waals surface area contributed by atoms with Crippen molar-refractivity contribution < 1.29 is 9.21 Å². The lowest BCUT2D eigenvalue weighted by atomic mass is 10.0. The maximum atomic E-state index is 12.3. The molecule has 1 unspecified atom stereocenters. The number of nitriles is 1. The van der Waals surface area contributed by atoms with Gasteiger partial charge in [-0.25, -0.2) is 0 Å². The van der Waals surface area contributed by atoms with Crippen LogP contribution in [0.3, 0.4) is 0 Å². The largest absolute Gasteiger partial charge is 0.469 e. The molecule has 0 aliphatic carbocycles. The van der Waals surface area contributed by atoms with Crippen LogP contribution in [-0.2, 0) is 0 Å². The molecule has 3 rings (SSSR count). The summed E-state index contributed by atoms with van der Waals surface area (Å²) in [6, 6.07) is 16.5. The molecule has 0 bridgehead atoms. The zero-order chi connectivity index (χ0) is 16.1. The van der Waals surface area contributed by atoms with Crippen molar-refractivity contribution >= 4 is 17.2 Å². The molecule has 0 aliphatic heterocycles. The number of hydrogen-bond acceptors (Lipinski definition) is 4. The number of thiophene rings is 1. The predicted molar refractivity (Wildman–Crippen MR) is 88.4 cm³/mol. The summed E-state index contributed by atoms with van der Waals surface area (Å²) in [5.41, 5.74) is 0.951. The van der Waals surface area contributed by atoms with Crippen LogP contribution in [0.1, 0.15) is 32.5 Å². The molecule has 0 spiro atoms. The third-order valence-corrected chi connectivity index (χ3v) is 4.48. The van der Waals surface area contributed by atoms with Gasteiger partial charge in [0.25, 0.3) is 5.91 Å². The molecular weight excluding hydrogens is 308 g/mol. The van der Waals surface area contributed by atoms with Crippen molar-refractivity contribution in [2.45, 2.75) is 5.92 Å². The van der Waals surface area contributed by atoms with E-state index in [1.807, 2.05) is 35.7 Å². The van der Waals surface area contributed by atoms with Crippen molar-refractivity contribution in [3.05, 3.63) is 81.9 Å². The third-order valence-electron chi connectivity index (χ3n) is 3.49. The summed E-state index contributed by atoms with van der Waals surface area (Å²) in [7, 11) is 0. The zero-order valence-electron chi connectivity index (χ0n) is 12.2. The Kier molecular flexibility index (Phi) is 4.55. The average Bonchev–Trinajstić information content (AvgIpc) is 3.29. The van der Waals surface area contributed by atoms with Gasteiger partial charge in [0.05, 0.1) is 23.8 Å². The molecule has 1 N–H and O–H groups in total. The summed E-state index contributed by atoms with van der Waals surface area (Å²) < 4.78 is 5.51. The lowest BCUT2D eigenvalue weighted by Gasteiger charge is -2.14. The van der Waals surface area contributed by atoms with Crippen LogP contribution in [0, 0.1) is 11.3 Å². The molecule has 0 aliphatic rings. The quantitative estimate of drug-likeness (QED) is 0.777. The second kappa shape index (κ2) is 6.95. The van der Waals surface area contributed by atoms with Gasteiger partial charge in [0.1, 0.15) is 5.76 Å². The fourth-order valence-corrected chi connectivity index (χ4v) is 3.18. The van der Waals surface area contributed by atoms with Crippen molar-refractivity contribution in [2.75, 3.05) is 6.54 Å². The number of benzene rings is 1. The summed E-state index contributed by atoms with van der Waals surface area (Å²) >= 11 is 1.63.